The summed E-state index contributed by atoms with van der Waals surface area (Å²) in [6, 6.07) is 16.4. The molecule has 0 aliphatic rings. The molecule has 0 aromatic heterocycles. The lowest BCUT2D eigenvalue weighted by atomic mass is 10.1. The van der Waals surface area contributed by atoms with Crippen molar-refractivity contribution in [1.82, 2.24) is 5.32 Å². The Kier molecular flexibility index (Phi) is 6.52. The number of anilines is 2. The number of amides is 2. The zero-order chi connectivity index (χ0) is 18.9. The number of carbonyl (C=O) groups excluding carboxylic acids is 2. The third-order valence-corrected chi connectivity index (χ3v) is 3.63. The van der Waals surface area contributed by atoms with Crippen molar-refractivity contribution in [3.8, 4) is 6.07 Å². The first kappa shape index (κ1) is 18.7. The van der Waals surface area contributed by atoms with Gasteiger partial charge in [0.25, 0.3) is 5.91 Å². The van der Waals surface area contributed by atoms with Gasteiger partial charge in [0.2, 0.25) is 5.91 Å². The molecule has 132 valence electrons. The topological polar surface area (TPSA) is 94.0 Å². The van der Waals surface area contributed by atoms with E-state index in [-0.39, 0.29) is 11.5 Å². The molecule has 0 atom stereocenters. The lowest BCUT2D eigenvalue weighted by molar-refractivity contribution is -0.114. The lowest BCUT2D eigenvalue weighted by Crippen LogP contribution is -2.17. The monoisotopic (exact) mass is 348 g/mol. The number of nitrogens with one attached hydrogen (secondary N) is 3. The van der Waals surface area contributed by atoms with E-state index in [4.69, 9.17) is 0 Å². The smallest absolute Gasteiger partial charge is 0.267 e. The van der Waals surface area contributed by atoms with E-state index in [1.807, 2.05) is 37.3 Å². The standard InChI is InChI=1S/C20H20N4O2/c1-14-5-3-4-6-16(14)12-22-13-17(11-21)20(26)24-19-9-7-18(8-10-19)23-15(2)25/h3-10,13,22H,12H2,1-2H3,(H,23,25)(H,24,26)/b17-13-. The second kappa shape index (κ2) is 9.04. The summed E-state index contributed by atoms with van der Waals surface area (Å²) < 4.78 is 0. The number of hydrogen-bond acceptors (Lipinski definition) is 4. The van der Waals surface area contributed by atoms with Crippen LogP contribution in [0, 0.1) is 18.3 Å². The minimum Gasteiger partial charge on any atom is -0.386 e. The van der Waals surface area contributed by atoms with Gasteiger partial charge < -0.3 is 16.0 Å². The second-order valence-corrected chi connectivity index (χ2v) is 5.69. The van der Waals surface area contributed by atoms with Crippen molar-refractivity contribution < 1.29 is 9.59 Å². The molecule has 0 heterocycles. The van der Waals surface area contributed by atoms with Crippen LogP contribution in [0.3, 0.4) is 0 Å². The Morgan fingerprint density at radius 1 is 1.04 bits per heavy atom. The van der Waals surface area contributed by atoms with Gasteiger partial charge in [-0.25, -0.2) is 0 Å². The first-order valence-corrected chi connectivity index (χ1v) is 8.07. The van der Waals surface area contributed by atoms with Crippen LogP contribution in [0.1, 0.15) is 18.1 Å². The van der Waals surface area contributed by atoms with Crippen molar-refractivity contribution in [3.63, 3.8) is 0 Å². The molecule has 6 nitrogen and oxygen atoms in total. The molecule has 0 fully saturated rings. The maximum absolute atomic E-state index is 12.2. The van der Waals surface area contributed by atoms with Crippen LogP contribution >= 0.6 is 0 Å². The number of nitriles is 1. The van der Waals surface area contributed by atoms with E-state index in [0.717, 1.165) is 11.1 Å². The summed E-state index contributed by atoms with van der Waals surface area (Å²) in [6.07, 6.45) is 1.41. The maximum atomic E-state index is 12.2. The number of hydrogen-bond donors (Lipinski definition) is 3. The molecule has 2 rings (SSSR count). The number of benzene rings is 2. The summed E-state index contributed by atoms with van der Waals surface area (Å²) in [5.74, 6) is -0.673. The number of nitrogens with zero attached hydrogens (tertiary/aromatic N) is 1. The summed E-state index contributed by atoms with van der Waals surface area (Å²) in [5.41, 5.74) is 3.37. The van der Waals surface area contributed by atoms with E-state index >= 15 is 0 Å². The highest BCUT2D eigenvalue weighted by atomic mass is 16.2. The molecule has 0 unspecified atom stereocenters. The highest BCUT2D eigenvalue weighted by Crippen LogP contribution is 2.14. The molecule has 0 aliphatic carbocycles. The molecule has 0 radical (unpaired) electrons. The predicted octanol–water partition coefficient (Wildman–Crippen LogP) is 3.09. The summed E-state index contributed by atoms with van der Waals surface area (Å²) in [7, 11) is 0. The van der Waals surface area contributed by atoms with Crippen LogP contribution in [0.15, 0.2) is 60.3 Å². The summed E-state index contributed by atoms with van der Waals surface area (Å²) in [4.78, 5) is 23.2. The Bertz CT molecular complexity index is 864. The van der Waals surface area contributed by atoms with Crippen molar-refractivity contribution in [3.05, 3.63) is 71.4 Å². The van der Waals surface area contributed by atoms with Crippen molar-refractivity contribution in [2.24, 2.45) is 0 Å². The lowest BCUT2D eigenvalue weighted by Gasteiger charge is -2.08. The third-order valence-electron chi connectivity index (χ3n) is 3.63. The van der Waals surface area contributed by atoms with Gasteiger partial charge in [0.1, 0.15) is 11.6 Å². The fourth-order valence-electron chi connectivity index (χ4n) is 2.26. The Hall–Kier alpha value is -3.59. The molecule has 0 saturated carbocycles. The zero-order valence-corrected chi connectivity index (χ0v) is 14.7. The molecule has 6 heteroatoms. The summed E-state index contributed by atoms with van der Waals surface area (Å²) in [6.45, 7) is 3.95. The normalized spacial score (nSPS) is 10.6. The Morgan fingerprint density at radius 3 is 2.23 bits per heavy atom. The predicted molar refractivity (Wildman–Crippen MR) is 101 cm³/mol. The van der Waals surface area contributed by atoms with Gasteiger partial charge in [-0.2, -0.15) is 5.26 Å². The van der Waals surface area contributed by atoms with Crippen LogP contribution in [-0.4, -0.2) is 11.8 Å². The van der Waals surface area contributed by atoms with Crippen LogP contribution in [0.25, 0.3) is 0 Å². The Labute approximate surface area is 152 Å². The molecule has 0 aliphatic heterocycles. The SMILES string of the molecule is CC(=O)Nc1ccc(NC(=O)/C(C#N)=C\NCc2ccccc2C)cc1. The van der Waals surface area contributed by atoms with Gasteiger partial charge in [-0.1, -0.05) is 24.3 Å². The second-order valence-electron chi connectivity index (χ2n) is 5.69. The van der Waals surface area contributed by atoms with E-state index < -0.39 is 5.91 Å². The summed E-state index contributed by atoms with van der Waals surface area (Å²) >= 11 is 0. The zero-order valence-electron chi connectivity index (χ0n) is 14.7. The van der Waals surface area contributed by atoms with Gasteiger partial charge in [-0.05, 0) is 42.3 Å². The first-order chi connectivity index (χ1) is 12.5. The number of rotatable bonds is 6. The van der Waals surface area contributed by atoms with Crippen molar-refractivity contribution >= 4 is 23.2 Å². The van der Waals surface area contributed by atoms with E-state index in [2.05, 4.69) is 16.0 Å². The first-order valence-electron chi connectivity index (χ1n) is 8.07. The molecule has 0 spiro atoms. The van der Waals surface area contributed by atoms with Crippen LogP contribution in [0.5, 0.6) is 0 Å². The van der Waals surface area contributed by atoms with E-state index in [0.29, 0.717) is 17.9 Å². The van der Waals surface area contributed by atoms with E-state index in [9.17, 15) is 14.9 Å². The summed E-state index contributed by atoms with van der Waals surface area (Å²) in [5, 5.41) is 17.5. The average Bonchev–Trinajstić information content (AvgIpc) is 2.61. The van der Waals surface area contributed by atoms with Gasteiger partial charge >= 0.3 is 0 Å². The fraction of sp³-hybridized carbons (Fsp3) is 0.150. The molecule has 0 saturated heterocycles. The Morgan fingerprint density at radius 2 is 1.65 bits per heavy atom. The van der Waals surface area contributed by atoms with Crippen LogP contribution in [-0.2, 0) is 16.1 Å². The number of aryl methyl sites for hydroxylation is 1. The molecular weight excluding hydrogens is 328 g/mol. The third kappa shape index (κ3) is 5.49. The highest BCUT2D eigenvalue weighted by Gasteiger charge is 2.09. The fourth-order valence-corrected chi connectivity index (χ4v) is 2.26. The van der Waals surface area contributed by atoms with Gasteiger partial charge in [0.15, 0.2) is 0 Å². The molecule has 26 heavy (non-hydrogen) atoms. The minimum absolute atomic E-state index is 0.0236. The molecule has 0 bridgehead atoms. The van der Waals surface area contributed by atoms with Crippen molar-refractivity contribution in [2.45, 2.75) is 20.4 Å². The Balaban J connectivity index is 1.96. The highest BCUT2D eigenvalue weighted by molar-refractivity contribution is 6.06. The quantitative estimate of drug-likeness (QED) is 0.552. The van der Waals surface area contributed by atoms with Gasteiger partial charge in [-0.15, -0.1) is 0 Å². The molecular formula is C20H20N4O2. The van der Waals surface area contributed by atoms with Gasteiger partial charge in [-0.3, -0.25) is 9.59 Å². The van der Waals surface area contributed by atoms with E-state index in [1.54, 1.807) is 24.3 Å². The average molecular weight is 348 g/mol. The molecule has 3 N–H and O–H groups in total. The van der Waals surface area contributed by atoms with Crippen LogP contribution in [0.2, 0.25) is 0 Å². The largest absolute Gasteiger partial charge is 0.386 e. The minimum atomic E-state index is -0.503. The van der Waals surface area contributed by atoms with Crippen molar-refractivity contribution in [1.29, 1.82) is 5.26 Å². The van der Waals surface area contributed by atoms with Crippen LogP contribution in [0.4, 0.5) is 11.4 Å². The molecule has 2 aromatic carbocycles. The van der Waals surface area contributed by atoms with Gasteiger partial charge in [0.05, 0.1) is 0 Å². The maximum Gasteiger partial charge on any atom is 0.267 e. The molecule has 2 aromatic rings. The number of carbonyl (C=O) groups is 2. The van der Waals surface area contributed by atoms with E-state index in [1.165, 1.54) is 13.1 Å². The van der Waals surface area contributed by atoms with Gasteiger partial charge in [0, 0.05) is 31.0 Å². The van der Waals surface area contributed by atoms with Crippen molar-refractivity contribution in [2.75, 3.05) is 10.6 Å². The van der Waals surface area contributed by atoms with Crippen LogP contribution < -0.4 is 16.0 Å². The molecule has 2 amide bonds.